The molecule has 0 bridgehead atoms. The highest BCUT2D eigenvalue weighted by Gasteiger charge is 2.06. The number of carbonyl (C=O) groups is 1. The molecule has 2 rings (SSSR count). The fourth-order valence-corrected chi connectivity index (χ4v) is 2.65. The zero-order valence-electron chi connectivity index (χ0n) is 14.3. The summed E-state index contributed by atoms with van der Waals surface area (Å²) in [6.45, 7) is 4.45. The Morgan fingerprint density at radius 2 is 1.96 bits per heavy atom. The van der Waals surface area contributed by atoms with Crippen molar-refractivity contribution in [1.82, 2.24) is 5.43 Å². The first kappa shape index (κ1) is 19.0. The minimum absolute atomic E-state index is 0.117. The highest BCUT2D eigenvalue weighted by atomic mass is 79.9. The van der Waals surface area contributed by atoms with Crippen molar-refractivity contribution < 1.29 is 14.3 Å². The minimum atomic E-state index is -0.336. The van der Waals surface area contributed by atoms with Crippen molar-refractivity contribution in [2.75, 3.05) is 13.2 Å². The molecule has 6 heteroatoms. The maximum Gasteiger partial charge on any atom is 0.277 e. The fourth-order valence-electron chi connectivity index (χ4n) is 2.10. The molecule has 0 fully saturated rings. The number of benzene rings is 2. The number of hydrazone groups is 1. The van der Waals surface area contributed by atoms with Gasteiger partial charge in [-0.1, -0.05) is 25.1 Å². The molecule has 0 atom stereocenters. The highest BCUT2D eigenvalue weighted by Crippen LogP contribution is 2.26. The number of carbonyl (C=O) groups excluding carboxylic acids is 1. The quantitative estimate of drug-likeness (QED) is 0.535. The predicted octanol–water partition coefficient (Wildman–Crippen LogP) is 3.94. The second-order valence-corrected chi connectivity index (χ2v) is 6.03. The molecule has 0 saturated carbocycles. The van der Waals surface area contributed by atoms with Crippen LogP contribution in [-0.4, -0.2) is 25.3 Å². The summed E-state index contributed by atoms with van der Waals surface area (Å²) in [6.07, 6.45) is 2.49. The Morgan fingerprint density at radius 3 is 2.68 bits per heavy atom. The fraction of sp³-hybridized carbons (Fsp3) is 0.263. The Balaban J connectivity index is 1.87. The Morgan fingerprint density at radius 1 is 1.16 bits per heavy atom. The summed E-state index contributed by atoms with van der Waals surface area (Å²) < 4.78 is 11.8. The first-order valence-electron chi connectivity index (χ1n) is 8.09. The normalized spacial score (nSPS) is 10.7. The largest absolute Gasteiger partial charge is 0.493 e. The third-order valence-electron chi connectivity index (χ3n) is 3.38. The molecule has 0 saturated heterocycles. The van der Waals surface area contributed by atoms with Crippen LogP contribution in [0.2, 0.25) is 0 Å². The number of hydrogen-bond donors (Lipinski definition) is 1. The Labute approximate surface area is 156 Å². The second kappa shape index (κ2) is 9.84. The van der Waals surface area contributed by atoms with Crippen molar-refractivity contribution >= 4 is 28.1 Å². The molecule has 0 radical (unpaired) electrons. The summed E-state index contributed by atoms with van der Waals surface area (Å²) in [5.41, 5.74) is 4.44. The number of nitrogens with zero attached hydrogens (tertiary/aromatic N) is 1. The van der Waals surface area contributed by atoms with Crippen molar-refractivity contribution in [3.8, 4) is 11.5 Å². The number of para-hydroxylation sites is 1. The molecule has 25 heavy (non-hydrogen) atoms. The molecule has 0 aromatic heterocycles. The van der Waals surface area contributed by atoms with Crippen LogP contribution < -0.4 is 14.9 Å². The van der Waals surface area contributed by atoms with Gasteiger partial charge in [0.15, 0.2) is 6.61 Å². The Kier molecular flexibility index (Phi) is 7.47. The van der Waals surface area contributed by atoms with E-state index in [2.05, 4.69) is 33.4 Å². The number of aryl methyl sites for hydroxylation is 1. The zero-order valence-corrected chi connectivity index (χ0v) is 15.9. The molecule has 0 heterocycles. The Hall–Kier alpha value is -2.34. The maximum absolute atomic E-state index is 11.9. The first-order chi connectivity index (χ1) is 12.1. The molecular formula is C19H21BrN2O3. The number of nitrogens with one attached hydrogen (secondary N) is 1. The molecule has 5 nitrogen and oxygen atoms in total. The number of amides is 1. The van der Waals surface area contributed by atoms with E-state index in [4.69, 9.17) is 9.47 Å². The topological polar surface area (TPSA) is 59.9 Å². The third-order valence-corrected chi connectivity index (χ3v) is 3.99. The molecule has 1 amide bonds. The van der Waals surface area contributed by atoms with Gasteiger partial charge in [-0.2, -0.15) is 5.10 Å². The van der Waals surface area contributed by atoms with E-state index in [1.54, 1.807) is 6.21 Å². The molecule has 0 spiro atoms. The van der Waals surface area contributed by atoms with Crippen molar-refractivity contribution in [2.24, 2.45) is 5.10 Å². The van der Waals surface area contributed by atoms with Crippen LogP contribution in [0.4, 0.5) is 0 Å². The highest BCUT2D eigenvalue weighted by molar-refractivity contribution is 9.10. The molecular weight excluding hydrogens is 384 g/mol. The van der Waals surface area contributed by atoms with Gasteiger partial charge in [-0.25, -0.2) is 5.43 Å². The van der Waals surface area contributed by atoms with Gasteiger partial charge in [-0.15, -0.1) is 0 Å². The van der Waals surface area contributed by atoms with Crippen LogP contribution in [0.1, 0.15) is 25.0 Å². The van der Waals surface area contributed by atoms with Gasteiger partial charge in [0, 0.05) is 5.56 Å². The standard InChI is InChI=1S/C19H21BrN2O3/c1-3-14-9-10-18(16(20)11-14)25-13-19(23)22-21-12-15-7-5-6-8-17(15)24-4-2/h5-12H,3-4,13H2,1-2H3,(H,22,23). The van der Waals surface area contributed by atoms with E-state index in [9.17, 15) is 4.79 Å². The summed E-state index contributed by atoms with van der Waals surface area (Å²) in [7, 11) is 0. The zero-order chi connectivity index (χ0) is 18.1. The lowest BCUT2D eigenvalue weighted by Crippen LogP contribution is -2.24. The smallest absolute Gasteiger partial charge is 0.277 e. The lowest BCUT2D eigenvalue weighted by atomic mass is 10.2. The van der Waals surface area contributed by atoms with Crippen LogP contribution in [0.25, 0.3) is 0 Å². The van der Waals surface area contributed by atoms with E-state index >= 15 is 0 Å². The second-order valence-electron chi connectivity index (χ2n) is 5.17. The first-order valence-corrected chi connectivity index (χ1v) is 8.88. The summed E-state index contributed by atoms with van der Waals surface area (Å²) in [4.78, 5) is 11.9. The molecule has 1 N–H and O–H groups in total. The number of rotatable bonds is 8. The molecule has 0 unspecified atom stereocenters. The van der Waals surface area contributed by atoms with Crippen LogP contribution in [0.5, 0.6) is 11.5 Å². The number of ether oxygens (including phenoxy) is 2. The lowest BCUT2D eigenvalue weighted by molar-refractivity contribution is -0.123. The van der Waals surface area contributed by atoms with Crippen LogP contribution in [0.15, 0.2) is 52.0 Å². The third kappa shape index (κ3) is 5.90. The van der Waals surface area contributed by atoms with Crippen LogP contribution >= 0.6 is 15.9 Å². The summed E-state index contributed by atoms with van der Waals surface area (Å²) in [5, 5.41) is 3.95. The lowest BCUT2D eigenvalue weighted by Gasteiger charge is -2.08. The minimum Gasteiger partial charge on any atom is -0.493 e. The molecule has 2 aromatic carbocycles. The van der Waals surface area contributed by atoms with E-state index in [1.807, 2.05) is 49.4 Å². The van der Waals surface area contributed by atoms with Crippen LogP contribution in [-0.2, 0) is 11.2 Å². The molecule has 0 aliphatic heterocycles. The van der Waals surface area contributed by atoms with Crippen molar-refractivity contribution in [3.63, 3.8) is 0 Å². The van der Waals surface area contributed by atoms with Crippen LogP contribution in [0.3, 0.4) is 0 Å². The summed E-state index contributed by atoms with van der Waals surface area (Å²) in [5.74, 6) is 1.01. The average molecular weight is 405 g/mol. The SMILES string of the molecule is CCOc1ccccc1C=NNC(=O)COc1ccc(CC)cc1Br. The van der Waals surface area contributed by atoms with Gasteiger partial charge >= 0.3 is 0 Å². The molecule has 0 aliphatic carbocycles. The van der Waals surface area contributed by atoms with E-state index in [-0.39, 0.29) is 12.5 Å². The number of halogens is 1. The van der Waals surface area contributed by atoms with Crippen molar-refractivity contribution in [2.45, 2.75) is 20.3 Å². The molecule has 2 aromatic rings. The Bertz CT molecular complexity index is 747. The van der Waals surface area contributed by atoms with Gasteiger partial charge in [0.25, 0.3) is 5.91 Å². The van der Waals surface area contributed by atoms with Gasteiger partial charge < -0.3 is 9.47 Å². The van der Waals surface area contributed by atoms with Crippen molar-refractivity contribution in [3.05, 3.63) is 58.1 Å². The average Bonchev–Trinajstić information content (AvgIpc) is 2.62. The maximum atomic E-state index is 11.9. The van der Waals surface area contributed by atoms with Gasteiger partial charge in [0.2, 0.25) is 0 Å². The van der Waals surface area contributed by atoms with E-state index in [1.165, 1.54) is 5.56 Å². The molecule has 0 aliphatic rings. The monoisotopic (exact) mass is 404 g/mol. The summed E-state index contributed by atoms with van der Waals surface area (Å²) >= 11 is 3.44. The summed E-state index contributed by atoms with van der Waals surface area (Å²) in [6, 6.07) is 13.3. The number of hydrogen-bond acceptors (Lipinski definition) is 4. The van der Waals surface area contributed by atoms with Crippen LogP contribution in [0, 0.1) is 0 Å². The van der Waals surface area contributed by atoms with E-state index < -0.39 is 0 Å². The van der Waals surface area contributed by atoms with E-state index in [0.717, 1.165) is 22.2 Å². The van der Waals surface area contributed by atoms with Gasteiger partial charge in [0.05, 0.1) is 17.3 Å². The van der Waals surface area contributed by atoms with Gasteiger partial charge in [-0.05, 0) is 59.1 Å². The predicted molar refractivity (Wildman–Crippen MR) is 102 cm³/mol. The van der Waals surface area contributed by atoms with Crippen molar-refractivity contribution in [1.29, 1.82) is 0 Å². The van der Waals surface area contributed by atoms with Gasteiger partial charge in [0.1, 0.15) is 11.5 Å². The van der Waals surface area contributed by atoms with E-state index in [0.29, 0.717) is 12.4 Å². The van der Waals surface area contributed by atoms with Gasteiger partial charge in [-0.3, -0.25) is 4.79 Å². The molecule has 132 valence electrons.